The number of rotatable bonds is 6. The Morgan fingerprint density at radius 3 is 2.71 bits per heavy atom. The minimum Gasteiger partial charge on any atom is -0.493 e. The number of hydrogen-bond donors (Lipinski definition) is 1. The third kappa shape index (κ3) is 4.16. The van der Waals surface area contributed by atoms with Crippen LogP contribution in [0, 0.1) is 0 Å². The molecule has 1 aromatic heterocycles. The Bertz CT molecular complexity index is 729. The van der Waals surface area contributed by atoms with Gasteiger partial charge in [-0.15, -0.1) is 0 Å². The number of anilines is 1. The fourth-order valence-corrected chi connectivity index (χ4v) is 2.03. The molecule has 0 spiro atoms. The molecule has 0 atom stereocenters. The average molecular weight is 329 g/mol. The van der Waals surface area contributed by atoms with Gasteiger partial charge in [0.25, 0.3) is 5.91 Å². The van der Waals surface area contributed by atoms with Gasteiger partial charge in [0.1, 0.15) is 6.61 Å². The molecule has 1 heterocycles. The number of ether oxygens (including phenoxy) is 2. The van der Waals surface area contributed by atoms with Gasteiger partial charge in [-0.1, -0.05) is 12.7 Å². The zero-order chi connectivity index (χ0) is 17.7. The van der Waals surface area contributed by atoms with Gasteiger partial charge in [0.2, 0.25) is 0 Å². The molecule has 2 aromatic rings. The lowest BCUT2D eigenvalue weighted by molar-refractivity contribution is 0.102. The van der Waals surface area contributed by atoms with Crippen LogP contribution in [0.1, 0.15) is 31.1 Å². The number of aromatic nitrogens is 2. The summed E-state index contributed by atoms with van der Waals surface area (Å²) in [6.45, 7) is 10.1. The molecule has 0 unspecified atom stereocenters. The molecular formula is C18H23N3O3. The summed E-state index contributed by atoms with van der Waals surface area (Å²) in [5.41, 5.74) is 0.971. The summed E-state index contributed by atoms with van der Waals surface area (Å²) < 4.78 is 12.6. The van der Waals surface area contributed by atoms with Crippen LogP contribution < -0.4 is 14.8 Å². The molecule has 0 radical (unpaired) electrons. The number of amides is 1. The van der Waals surface area contributed by atoms with Crippen LogP contribution >= 0.6 is 0 Å². The molecule has 0 fully saturated rings. The van der Waals surface area contributed by atoms with E-state index in [0.717, 1.165) is 0 Å². The van der Waals surface area contributed by atoms with Gasteiger partial charge in [0.05, 0.1) is 24.5 Å². The molecule has 1 N–H and O–H groups in total. The van der Waals surface area contributed by atoms with Crippen molar-refractivity contribution in [2.24, 2.45) is 0 Å². The predicted octanol–water partition coefficient (Wildman–Crippen LogP) is 3.46. The van der Waals surface area contributed by atoms with Crippen LogP contribution in [-0.4, -0.2) is 29.4 Å². The molecular weight excluding hydrogens is 306 g/mol. The minimum absolute atomic E-state index is 0.143. The van der Waals surface area contributed by atoms with Crippen molar-refractivity contribution in [1.82, 2.24) is 9.78 Å². The highest BCUT2D eigenvalue weighted by Gasteiger charge is 2.16. The molecule has 2 rings (SSSR count). The maximum absolute atomic E-state index is 12.4. The molecule has 6 nitrogen and oxygen atoms in total. The van der Waals surface area contributed by atoms with Crippen molar-refractivity contribution in [2.75, 3.05) is 19.0 Å². The fraction of sp³-hybridized carbons (Fsp3) is 0.333. The van der Waals surface area contributed by atoms with E-state index >= 15 is 0 Å². The third-order valence-electron chi connectivity index (χ3n) is 3.31. The highest BCUT2D eigenvalue weighted by Crippen LogP contribution is 2.28. The van der Waals surface area contributed by atoms with E-state index in [1.807, 2.05) is 20.8 Å². The Morgan fingerprint density at radius 2 is 2.12 bits per heavy atom. The van der Waals surface area contributed by atoms with Crippen molar-refractivity contribution in [1.29, 1.82) is 0 Å². The van der Waals surface area contributed by atoms with Crippen molar-refractivity contribution in [2.45, 2.75) is 26.3 Å². The first-order chi connectivity index (χ1) is 11.3. The third-order valence-corrected chi connectivity index (χ3v) is 3.31. The van der Waals surface area contributed by atoms with Gasteiger partial charge in [0, 0.05) is 11.8 Å². The number of benzene rings is 1. The second-order valence-corrected chi connectivity index (χ2v) is 6.26. The van der Waals surface area contributed by atoms with E-state index in [-0.39, 0.29) is 11.4 Å². The highest BCUT2D eigenvalue weighted by molar-refractivity contribution is 6.04. The predicted molar refractivity (Wildman–Crippen MR) is 93.9 cm³/mol. The topological polar surface area (TPSA) is 65.4 Å². The SMILES string of the molecule is C=CCOc1ccc(C(=O)Nc2cnn(C(C)(C)C)c2)cc1OC. The quantitative estimate of drug-likeness (QED) is 0.824. The van der Waals surface area contributed by atoms with Crippen LogP contribution in [0.4, 0.5) is 5.69 Å². The Morgan fingerprint density at radius 1 is 1.38 bits per heavy atom. The summed E-state index contributed by atoms with van der Waals surface area (Å²) in [5, 5.41) is 7.09. The number of nitrogens with one attached hydrogen (secondary N) is 1. The van der Waals surface area contributed by atoms with E-state index in [1.165, 1.54) is 7.11 Å². The van der Waals surface area contributed by atoms with Crippen molar-refractivity contribution < 1.29 is 14.3 Å². The maximum Gasteiger partial charge on any atom is 0.255 e. The van der Waals surface area contributed by atoms with Gasteiger partial charge in [-0.05, 0) is 39.0 Å². The van der Waals surface area contributed by atoms with E-state index in [2.05, 4.69) is 17.0 Å². The van der Waals surface area contributed by atoms with Gasteiger partial charge >= 0.3 is 0 Å². The van der Waals surface area contributed by atoms with Crippen LogP contribution in [0.25, 0.3) is 0 Å². The molecule has 24 heavy (non-hydrogen) atoms. The van der Waals surface area contributed by atoms with E-state index in [1.54, 1.807) is 41.4 Å². The van der Waals surface area contributed by atoms with Gasteiger partial charge < -0.3 is 14.8 Å². The maximum atomic E-state index is 12.4. The molecule has 0 aliphatic rings. The van der Waals surface area contributed by atoms with E-state index in [9.17, 15) is 4.79 Å². The summed E-state index contributed by atoms with van der Waals surface area (Å²) in [4.78, 5) is 12.4. The first kappa shape index (κ1) is 17.6. The Hall–Kier alpha value is -2.76. The van der Waals surface area contributed by atoms with Crippen molar-refractivity contribution >= 4 is 11.6 Å². The molecule has 0 bridgehead atoms. The van der Waals surface area contributed by atoms with Crippen molar-refractivity contribution in [3.05, 3.63) is 48.8 Å². The molecule has 1 amide bonds. The van der Waals surface area contributed by atoms with Crippen molar-refractivity contribution in [3.8, 4) is 11.5 Å². The molecule has 128 valence electrons. The fourth-order valence-electron chi connectivity index (χ4n) is 2.03. The molecule has 0 saturated heterocycles. The largest absolute Gasteiger partial charge is 0.493 e. The second kappa shape index (κ2) is 7.21. The molecule has 0 saturated carbocycles. The zero-order valence-electron chi connectivity index (χ0n) is 14.5. The first-order valence-electron chi connectivity index (χ1n) is 7.63. The molecule has 0 aliphatic carbocycles. The van der Waals surface area contributed by atoms with Gasteiger partial charge in [-0.25, -0.2) is 0 Å². The van der Waals surface area contributed by atoms with Gasteiger partial charge in [-0.2, -0.15) is 5.10 Å². The average Bonchev–Trinajstić information content (AvgIpc) is 3.01. The van der Waals surface area contributed by atoms with Gasteiger partial charge in [-0.3, -0.25) is 9.48 Å². The zero-order valence-corrected chi connectivity index (χ0v) is 14.5. The lowest BCUT2D eigenvalue weighted by Crippen LogP contribution is -2.22. The lowest BCUT2D eigenvalue weighted by atomic mass is 10.1. The number of hydrogen-bond acceptors (Lipinski definition) is 4. The van der Waals surface area contributed by atoms with Crippen LogP contribution in [0.3, 0.4) is 0 Å². The monoisotopic (exact) mass is 329 g/mol. The Balaban J connectivity index is 2.14. The second-order valence-electron chi connectivity index (χ2n) is 6.26. The van der Waals surface area contributed by atoms with Gasteiger partial charge in [0.15, 0.2) is 11.5 Å². The van der Waals surface area contributed by atoms with E-state index in [4.69, 9.17) is 9.47 Å². The molecule has 6 heteroatoms. The summed E-state index contributed by atoms with van der Waals surface area (Å²) >= 11 is 0. The summed E-state index contributed by atoms with van der Waals surface area (Å²) in [7, 11) is 1.53. The number of carbonyl (C=O) groups excluding carboxylic acids is 1. The lowest BCUT2D eigenvalue weighted by Gasteiger charge is -2.18. The Labute approximate surface area is 142 Å². The summed E-state index contributed by atoms with van der Waals surface area (Å²) in [6, 6.07) is 5.03. The first-order valence-corrected chi connectivity index (χ1v) is 7.63. The summed E-state index contributed by atoms with van der Waals surface area (Å²) in [5.74, 6) is 0.821. The Kier molecular flexibility index (Phi) is 5.28. The van der Waals surface area contributed by atoms with Crippen LogP contribution in [0.15, 0.2) is 43.2 Å². The highest BCUT2D eigenvalue weighted by atomic mass is 16.5. The molecule has 1 aromatic carbocycles. The minimum atomic E-state index is -0.239. The number of methoxy groups -OCH3 is 1. The smallest absolute Gasteiger partial charge is 0.255 e. The number of nitrogens with zero attached hydrogens (tertiary/aromatic N) is 2. The van der Waals surface area contributed by atoms with Crippen LogP contribution in [0.2, 0.25) is 0 Å². The van der Waals surface area contributed by atoms with Crippen LogP contribution in [-0.2, 0) is 5.54 Å². The van der Waals surface area contributed by atoms with E-state index in [0.29, 0.717) is 29.4 Å². The standard InChI is InChI=1S/C18H23N3O3/c1-6-9-24-15-8-7-13(10-16(15)23-5)17(22)20-14-11-19-21(12-14)18(2,3)4/h6-8,10-12H,1,9H2,2-5H3,(H,20,22). The van der Waals surface area contributed by atoms with Crippen LogP contribution in [0.5, 0.6) is 11.5 Å². The summed E-state index contributed by atoms with van der Waals surface area (Å²) in [6.07, 6.45) is 5.07. The molecule has 0 aliphatic heterocycles. The van der Waals surface area contributed by atoms with E-state index < -0.39 is 0 Å². The number of carbonyl (C=O) groups is 1. The normalized spacial score (nSPS) is 11.0. The van der Waals surface area contributed by atoms with Crippen molar-refractivity contribution in [3.63, 3.8) is 0 Å².